The molecule has 29 heavy (non-hydrogen) atoms. The van der Waals surface area contributed by atoms with Crippen molar-refractivity contribution >= 4 is 5.91 Å². The number of likely N-dealkylation sites (tertiary alicyclic amines) is 1. The van der Waals surface area contributed by atoms with E-state index in [2.05, 4.69) is 20.5 Å². The quantitative estimate of drug-likeness (QED) is 0.656. The second-order valence-corrected chi connectivity index (χ2v) is 7.54. The van der Waals surface area contributed by atoms with Crippen LogP contribution in [0.25, 0.3) is 11.6 Å². The van der Waals surface area contributed by atoms with Crippen LogP contribution in [0, 0.1) is 0 Å². The normalized spacial score (nSPS) is 17.5. The lowest BCUT2D eigenvalue weighted by molar-refractivity contribution is 0.0686. The molecule has 0 atom stereocenters. The highest BCUT2D eigenvalue weighted by atomic mass is 16.5. The van der Waals surface area contributed by atoms with Crippen LogP contribution >= 0.6 is 0 Å². The van der Waals surface area contributed by atoms with Gasteiger partial charge in [0.15, 0.2) is 11.5 Å². The lowest BCUT2D eigenvalue weighted by Gasteiger charge is -2.32. The summed E-state index contributed by atoms with van der Waals surface area (Å²) in [5, 5.41) is 12.5. The maximum atomic E-state index is 12.9. The van der Waals surface area contributed by atoms with Crippen molar-refractivity contribution in [2.75, 3.05) is 20.2 Å². The Morgan fingerprint density at radius 1 is 1.17 bits per heavy atom. The van der Waals surface area contributed by atoms with E-state index in [9.17, 15) is 4.79 Å². The van der Waals surface area contributed by atoms with Gasteiger partial charge in [-0.05, 0) is 37.8 Å². The maximum Gasteiger partial charge on any atom is 0.280 e. The van der Waals surface area contributed by atoms with Gasteiger partial charge in [0.05, 0.1) is 24.9 Å². The lowest BCUT2D eigenvalue weighted by atomic mass is 10.0. The molecule has 150 valence electrons. The van der Waals surface area contributed by atoms with E-state index in [1.54, 1.807) is 13.2 Å². The summed E-state index contributed by atoms with van der Waals surface area (Å²) in [5.41, 5.74) is 1.19. The van der Waals surface area contributed by atoms with Crippen LogP contribution in [0.4, 0.5) is 0 Å². The molecule has 5 rings (SSSR count). The molecule has 0 N–H and O–H groups in total. The average molecular weight is 394 g/mol. The van der Waals surface area contributed by atoms with Crippen LogP contribution in [0.15, 0.2) is 35.0 Å². The second-order valence-electron chi connectivity index (χ2n) is 7.54. The summed E-state index contributed by atoms with van der Waals surface area (Å²) < 4.78 is 12.5. The van der Waals surface area contributed by atoms with Crippen molar-refractivity contribution in [2.24, 2.45) is 0 Å². The monoisotopic (exact) mass is 394 g/mol. The number of piperidine rings is 1. The molecule has 9 nitrogen and oxygen atoms in total. The number of para-hydroxylation sites is 1. The van der Waals surface area contributed by atoms with Crippen molar-refractivity contribution in [3.8, 4) is 17.3 Å². The molecule has 1 saturated carbocycles. The van der Waals surface area contributed by atoms with Gasteiger partial charge in [0.2, 0.25) is 0 Å². The highest BCUT2D eigenvalue weighted by Crippen LogP contribution is 2.38. The van der Waals surface area contributed by atoms with E-state index in [1.165, 1.54) is 0 Å². The van der Waals surface area contributed by atoms with Gasteiger partial charge >= 0.3 is 0 Å². The number of ether oxygens (including phenoxy) is 1. The van der Waals surface area contributed by atoms with Gasteiger partial charge in [-0.2, -0.15) is 4.98 Å². The number of benzene rings is 1. The summed E-state index contributed by atoms with van der Waals surface area (Å²) in [6, 6.07) is 7.51. The predicted octanol–water partition coefficient (Wildman–Crippen LogP) is 2.69. The van der Waals surface area contributed by atoms with Gasteiger partial charge in [-0.15, -0.1) is 5.10 Å². The Morgan fingerprint density at radius 3 is 2.72 bits per heavy atom. The van der Waals surface area contributed by atoms with E-state index in [1.807, 2.05) is 34.0 Å². The fourth-order valence-electron chi connectivity index (χ4n) is 3.72. The Labute approximate surface area is 167 Å². The van der Waals surface area contributed by atoms with Gasteiger partial charge in [-0.25, -0.2) is 4.68 Å². The summed E-state index contributed by atoms with van der Waals surface area (Å²) in [5.74, 6) is 2.22. The number of carbonyl (C=O) groups is 1. The predicted molar refractivity (Wildman–Crippen MR) is 102 cm³/mol. The summed E-state index contributed by atoms with van der Waals surface area (Å²) in [6.07, 6.45) is 5.71. The van der Waals surface area contributed by atoms with Gasteiger partial charge in [0.25, 0.3) is 11.8 Å². The number of hydrogen-bond acceptors (Lipinski definition) is 7. The van der Waals surface area contributed by atoms with Crippen LogP contribution in [-0.2, 0) is 0 Å². The minimum Gasteiger partial charge on any atom is -0.496 e. The first-order valence-corrected chi connectivity index (χ1v) is 9.91. The third-order valence-electron chi connectivity index (χ3n) is 5.58. The van der Waals surface area contributed by atoms with Crippen molar-refractivity contribution in [1.82, 2.24) is 30.0 Å². The molecule has 2 aliphatic rings. The number of carbonyl (C=O) groups excluding carboxylic acids is 1. The highest BCUT2D eigenvalue weighted by Gasteiger charge is 2.30. The van der Waals surface area contributed by atoms with Crippen LogP contribution in [-0.4, -0.2) is 56.1 Å². The lowest BCUT2D eigenvalue weighted by Crippen LogP contribution is -2.39. The average Bonchev–Trinajstić information content (AvgIpc) is 3.30. The molecule has 1 saturated heterocycles. The number of rotatable bonds is 5. The minimum absolute atomic E-state index is 0.00125. The zero-order valence-electron chi connectivity index (χ0n) is 16.2. The minimum atomic E-state index is -0.00125. The summed E-state index contributed by atoms with van der Waals surface area (Å²) >= 11 is 0. The van der Waals surface area contributed by atoms with Crippen LogP contribution in [0.3, 0.4) is 0 Å². The first kappa shape index (κ1) is 17.8. The molecule has 0 spiro atoms. The summed E-state index contributed by atoms with van der Waals surface area (Å²) in [4.78, 5) is 19.2. The molecular weight excluding hydrogens is 372 g/mol. The Morgan fingerprint density at radius 2 is 1.97 bits per heavy atom. The highest BCUT2D eigenvalue weighted by molar-refractivity contribution is 5.97. The fraction of sp³-hybridized carbons (Fsp3) is 0.450. The van der Waals surface area contributed by atoms with Crippen LogP contribution < -0.4 is 4.74 Å². The van der Waals surface area contributed by atoms with Crippen molar-refractivity contribution in [3.05, 3.63) is 41.9 Å². The fourth-order valence-corrected chi connectivity index (χ4v) is 3.72. The largest absolute Gasteiger partial charge is 0.496 e. The SMILES string of the molecule is COc1ccccc1C(=O)N1CCC(n2cc(-c3nc(C4CC4)no3)nn2)CC1. The zero-order chi connectivity index (χ0) is 19.8. The number of aromatic nitrogens is 5. The molecule has 1 aliphatic carbocycles. The van der Waals surface area contributed by atoms with E-state index in [0.717, 1.165) is 31.5 Å². The third kappa shape index (κ3) is 3.48. The van der Waals surface area contributed by atoms with Crippen molar-refractivity contribution in [1.29, 1.82) is 0 Å². The molecule has 1 aromatic carbocycles. The molecular formula is C20H22N6O3. The molecule has 0 radical (unpaired) electrons. The van der Waals surface area contributed by atoms with Crippen molar-refractivity contribution < 1.29 is 14.1 Å². The first-order valence-electron chi connectivity index (χ1n) is 9.91. The van der Waals surface area contributed by atoms with Gasteiger partial charge in [-0.3, -0.25) is 4.79 Å². The summed E-state index contributed by atoms with van der Waals surface area (Å²) in [6.45, 7) is 1.31. The molecule has 2 aromatic heterocycles. The van der Waals surface area contributed by atoms with E-state index in [-0.39, 0.29) is 11.9 Å². The van der Waals surface area contributed by atoms with Crippen LogP contribution in [0.2, 0.25) is 0 Å². The van der Waals surface area contributed by atoms with Gasteiger partial charge < -0.3 is 14.2 Å². The van der Waals surface area contributed by atoms with Gasteiger partial charge in [0, 0.05) is 19.0 Å². The van der Waals surface area contributed by atoms with E-state index < -0.39 is 0 Å². The van der Waals surface area contributed by atoms with Crippen molar-refractivity contribution in [3.63, 3.8) is 0 Å². The Hall–Kier alpha value is -3.23. The first-order chi connectivity index (χ1) is 14.2. The van der Waals surface area contributed by atoms with E-state index in [4.69, 9.17) is 9.26 Å². The number of hydrogen-bond donors (Lipinski definition) is 0. The third-order valence-corrected chi connectivity index (χ3v) is 5.58. The Kier molecular flexibility index (Phi) is 4.49. The standard InChI is InChI=1S/C20H22N6O3/c1-28-17-5-3-2-4-15(17)20(27)25-10-8-14(9-11-25)26-12-16(22-24-26)19-21-18(23-29-19)13-6-7-13/h2-5,12-14H,6-11H2,1H3. The molecule has 1 amide bonds. The van der Waals surface area contributed by atoms with Gasteiger partial charge in [0.1, 0.15) is 5.75 Å². The van der Waals surface area contributed by atoms with Crippen molar-refractivity contribution in [2.45, 2.75) is 37.6 Å². The number of methoxy groups -OCH3 is 1. The smallest absolute Gasteiger partial charge is 0.280 e. The number of amides is 1. The maximum absolute atomic E-state index is 12.9. The topological polar surface area (TPSA) is 99.2 Å². The van der Waals surface area contributed by atoms with Crippen LogP contribution in [0.1, 0.15) is 53.8 Å². The molecule has 0 unspecified atom stereocenters. The molecule has 3 heterocycles. The molecule has 9 heteroatoms. The zero-order valence-corrected chi connectivity index (χ0v) is 16.2. The Bertz CT molecular complexity index is 1020. The second kappa shape index (κ2) is 7.31. The summed E-state index contributed by atoms with van der Waals surface area (Å²) in [7, 11) is 1.58. The van der Waals surface area contributed by atoms with Gasteiger partial charge in [-0.1, -0.05) is 22.5 Å². The van der Waals surface area contributed by atoms with E-state index in [0.29, 0.717) is 41.9 Å². The molecule has 3 aromatic rings. The molecule has 1 aliphatic heterocycles. The van der Waals surface area contributed by atoms with E-state index >= 15 is 0 Å². The molecule has 2 fully saturated rings. The van der Waals surface area contributed by atoms with Crippen LogP contribution in [0.5, 0.6) is 5.75 Å². The molecule has 0 bridgehead atoms. The Balaban J connectivity index is 1.24. The number of nitrogens with zero attached hydrogens (tertiary/aromatic N) is 6.